The number of amides is 1. The van der Waals surface area contributed by atoms with E-state index in [9.17, 15) is 14.4 Å². The standard InChI is InChI=1S/C18H21N3O6/c1-25-15(22)11-21-18(24)27-16(19-21)14-7-9-20(10-8-14)17(23)26-12-13-5-3-2-4-6-13/h2-6,14H,7-12H2,1H3. The largest absolute Gasteiger partial charge is 0.468 e. The van der Waals surface area contributed by atoms with E-state index >= 15 is 0 Å². The second-order valence-corrected chi connectivity index (χ2v) is 6.24. The first kappa shape index (κ1) is 18.7. The molecule has 1 aliphatic heterocycles. The van der Waals surface area contributed by atoms with Crippen LogP contribution in [0.2, 0.25) is 0 Å². The third-order valence-corrected chi connectivity index (χ3v) is 4.44. The van der Waals surface area contributed by atoms with Crippen molar-refractivity contribution in [1.82, 2.24) is 14.7 Å². The molecule has 3 rings (SSSR count). The van der Waals surface area contributed by atoms with Crippen LogP contribution in [0.25, 0.3) is 0 Å². The maximum absolute atomic E-state index is 12.2. The molecule has 1 aromatic heterocycles. The number of benzene rings is 1. The van der Waals surface area contributed by atoms with Crippen molar-refractivity contribution in [2.45, 2.75) is 31.9 Å². The summed E-state index contributed by atoms with van der Waals surface area (Å²) in [7, 11) is 1.24. The number of likely N-dealkylation sites (tertiary alicyclic amines) is 1. The molecule has 9 nitrogen and oxygen atoms in total. The number of carbonyl (C=O) groups is 2. The number of esters is 1. The van der Waals surface area contributed by atoms with Gasteiger partial charge in [0, 0.05) is 19.0 Å². The lowest BCUT2D eigenvalue weighted by Gasteiger charge is -2.29. The molecule has 27 heavy (non-hydrogen) atoms. The number of ether oxygens (including phenoxy) is 2. The molecule has 1 aliphatic rings. The fourth-order valence-corrected chi connectivity index (χ4v) is 2.89. The molecule has 1 aromatic carbocycles. The Labute approximate surface area is 155 Å². The Morgan fingerprint density at radius 1 is 1.22 bits per heavy atom. The van der Waals surface area contributed by atoms with Gasteiger partial charge in [-0.05, 0) is 18.4 Å². The van der Waals surface area contributed by atoms with Gasteiger partial charge in [-0.15, -0.1) is 5.10 Å². The predicted molar refractivity (Wildman–Crippen MR) is 93.0 cm³/mol. The number of nitrogens with zero attached hydrogens (tertiary/aromatic N) is 3. The molecule has 0 spiro atoms. The van der Waals surface area contributed by atoms with Gasteiger partial charge in [0.05, 0.1) is 7.11 Å². The summed E-state index contributed by atoms with van der Waals surface area (Å²) in [4.78, 5) is 36.9. The molecule has 0 aliphatic carbocycles. The van der Waals surface area contributed by atoms with Gasteiger partial charge in [-0.2, -0.15) is 4.68 Å². The minimum absolute atomic E-state index is 0.0882. The highest BCUT2D eigenvalue weighted by Crippen LogP contribution is 2.26. The van der Waals surface area contributed by atoms with Gasteiger partial charge in [0.15, 0.2) is 0 Å². The molecule has 0 bridgehead atoms. The van der Waals surface area contributed by atoms with Crippen molar-refractivity contribution in [3.63, 3.8) is 0 Å². The first-order chi connectivity index (χ1) is 13.1. The normalized spacial score (nSPS) is 14.8. The Bertz CT molecular complexity index is 836. The zero-order chi connectivity index (χ0) is 19.2. The number of carbonyl (C=O) groups excluding carboxylic acids is 2. The van der Waals surface area contributed by atoms with Gasteiger partial charge < -0.3 is 18.8 Å². The van der Waals surface area contributed by atoms with Crippen molar-refractivity contribution in [1.29, 1.82) is 0 Å². The van der Waals surface area contributed by atoms with Crippen molar-refractivity contribution in [3.8, 4) is 0 Å². The fraction of sp³-hybridized carbons (Fsp3) is 0.444. The van der Waals surface area contributed by atoms with Crippen LogP contribution in [0.3, 0.4) is 0 Å². The van der Waals surface area contributed by atoms with E-state index < -0.39 is 11.7 Å². The van der Waals surface area contributed by atoms with Gasteiger partial charge in [-0.3, -0.25) is 4.79 Å². The lowest BCUT2D eigenvalue weighted by atomic mass is 9.97. The lowest BCUT2D eigenvalue weighted by Crippen LogP contribution is -2.38. The van der Waals surface area contributed by atoms with E-state index in [2.05, 4.69) is 9.84 Å². The summed E-state index contributed by atoms with van der Waals surface area (Å²) in [6.07, 6.45) is 0.826. The van der Waals surface area contributed by atoms with Crippen molar-refractivity contribution >= 4 is 12.1 Å². The number of rotatable bonds is 5. The molecule has 0 saturated carbocycles. The maximum atomic E-state index is 12.2. The van der Waals surface area contributed by atoms with Gasteiger partial charge in [0.1, 0.15) is 13.2 Å². The van der Waals surface area contributed by atoms with E-state index in [-0.39, 0.29) is 31.1 Å². The van der Waals surface area contributed by atoms with Crippen molar-refractivity contribution in [2.24, 2.45) is 0 Å². The number of aromatic nitrogens is 2. The Balaban J connectivity index is 1.51. The summed E-state index contributed by atoms with van der Waals surface area (Å²) >= 11 is 0. The molecule has 0 atom stereocenters. The topological polar surface area (TPSA) is 104 Å². The van der Waals surface area contributed by atoms with Crippen LogP contribution >= 0.6 is 0 Å². The smallest absolute Gasteiger partial charge is 0.437 e. The van der Waals surface area contributed by atoms with E-state index in [1.165, 1.54) is 7.11 Å². The first-order valence-corrected chi connectivity index (χ1v) is 8.67. The highest BCUT2D eigenvalue weighted by molar-refractivity contribution is 5.68. The van der Waals surface area contributed by atoms with Crippen LogP contribution in [0, 0.1) is 0 Å². The van der Waals surface area contributed by atoms with Gasteiger partial charge in [-0.25, -0.2) is 9.59 Å². The van der Waals surface area contributed by atoms with Crippen LogP contribution in [0.5, 0.6) is 0 Å². The van der Waals surface area contributed by atoms with Crippen molar-refractivity contribution < 1.29 is 23.5 Å². The zero-order valence-corrected chi connectivity index (χ0v) is 15.0. The van der Waals surface area contributed by atoms with Crippen LogP contribution in [0.15, 0.2) is 39.5 Å². The average molecular weight is 375 g/mol. The summed E-state index contributed by atoms with van der Waals surface area (Å²) < 4.78 is 16.0. The monoisotopic (exact) mass is 375 g/mol. The van der Waals surface area contributed by atoms with Crippen LogP contribution in [-0.2, 0) is 27.4 Å². The Hall–Kier alpha value is -3.10. The maximum Gasteiger partial charge on any atom is 0.437 e. The molecular weight excluding hydrogens is 354 g/mol. The SMILES string of the molecule is COC(=O)Cn1nc(C2CCN(C(=O)OCc3ccccc3)CC2)oc1=O. The summed E-state index contributed by atoms with van der Waals surface area (Å²) in [5, 5.41) is 4.07. The molecule has 1 saturated heterocycles. The van der Waals surface area contributed by atoms with Crippen LogP contribution < -0.4 is 5.76 Å². The van der Waals surface area contributed by atoms with E-state index in [1.807, 2.05) is 30.3 Å². The van der Waals surface area contributed by atoms with Crippen LogP contribution in [-0.4, -0.2) is 46.9 Å². The average Bonchev–Trinajstić information content (AvgIpc) is 3.07. The number of methoxy groups -OCH3 is 1. The Morgan fingerprint density at radius 3 is 2.59 bits per heavy atom. The third-order valence-electron chi connectivity index (χ3n) is 4.44. The molecule has 0 unspecified atom stereocenters. The summed E-state index contributed by atoms with van der Waals surface area (Å²) in [5.41, 5.74) is 0.929. The van der Waals surface area contributed by atoms with E-state index in [1.54, 1.807) is 4.90 Å². The van der Waals surface area contributed by atoms with E-state index in [0.717, 1.165) is 10.2 Å². The van der Waals surface area contributed by atoms with E-state index in [0.29, 0.717) is 25.9 Å². The fourth-order valence-electron chi connectivity index (χ4n) is 2.89. The molecule has 9 heteroatoms. The minimum atomic E-state index is -0.694. The van der Waals surface area contributed by atoms with Gasteiger partial charge in [-0.1, -0.05) is 30.3 Å². The van der Waals surface area contributed by atoms with Crippen molar-refractivity contribution in [2.75, 3.05) is 20.2 Å². The van der Waals surface area contributed by atoms with Gasteiger partial charge >= 0.3 is 17.8 Å². The molecule has 2 aromatic rings. The second-order valence-electron chi connectivity index (χ2n) is 6.24. The zero-order valence-electron chi connectivity index (χ0n) is 15.0. The van der Waals surface area contributed by atoms with Crippen molar-refractivity contribution in [3.05, 3.63) is 52.3 Å². The van der Waals surface area contributed by atoms with Gasteiger partial charge in [0.2, 0.25) is 5.89 Å². The van der Waals surface area contributed by atoms with Crippen LogP contribution in [0.1, 0.15) is 30.2 Å². The molecular formula is C18H21N3O6. The summed E-state index contributed by atoms with van der Waals surface area (Å²) in [6.45, 7) is 0.896. The number of hydrogen-bond acceptors (Lipinski definition) is 7. The Morgan fingerprint density at radius 2 is 1.93 bits per heavy atom. The first-order valence-electron chi connectivity index (χ1n) is 8.67. The molecule has 0 N–H and O–H groups in total. The summed E-state index contributed by atoms with van der Waals surface area (Å²) in [6, 6.07) is 9.48. The second kappa shape index (κ2) is 8.52. The molecule has 1 fully saturated rings. The highest BCUT2D eigenvalue weighted by atomic mass is 16.6. The quantitative estimate of drug-likeness (QED) is 0.730. The Kier molecular flexibility index (Phi) is 5.90. The summed E-state index contributed by atoms with van der Waals surface area (Å²) in [5.74, 6) is -1.08. The highest BCUT2D eigenvalue weighted by Gasteiger charge is 2.28. The molecule has 2 heterocycles. The predicted octanol–water partition coefficient (Wildman–Crippen LogP) is 1.53. The molecule has 1 amide bonds. The lowest BCUT2D eigenvalue weighted by molar-refractivity contribution is -0.141. The van der Waals surface area contributed by atoms with Crippen LogP contribution in [0.4, 0.5) is 4.79 Å². The third kappa shape index (κ3) is 4.75. The van der Waals surface area contributed by atoms with E-state index in [4.69, 9.17) is 9.15 Å². The minimum Gasteiger partial charge on any atom is -0.468 e. The number of piperidine rings is 1. The molecule has 144 valence electrons. The van der Waals surface area contributed by atoms with Gasteiger partial charge in [0.25, 0.3) is 0 Å². The number of hydrogen-bond donors (Lipinski definition) is 0. The molecule has 0 radical (unpaired) electrons.